The summed E-state index contributed by atoms with van der Waals surface area (Å²) in [5.41, 5.74) is 2.89. The van der Waals surface area contributed by atoms with Gasteiger partial charge in [0.25, 0.3) is 5.91 Å². The third-order valence-corrected chi connectivity index (χ3v) is 3.85. The van der Waals surface area contributed by atoms with Crippen molar-refractivity contribution in [3.8, 4) is 0 Å². The van der Waals surface area contributed by atoms with Gasteiger partial charge in [-0.05, 0) is 49.4 Å². The van der Waals surface area contributed by atoms with E-state index in [0.717, 1.165) is 42.7 Å². The molecule has 1 aromatic carbocycles. The van der Waals surface area contributed by atoms with Gasteiger partial charge in [0.15, 0.2) is 0 Å². The lowest BCUT2D eigenvalue weighted by molar-refractivity contribution is 0.0784. The van der Waals surface area contributed by atoms with Crippen molar-refractivity contribution >= 4 is 11.6 Å². The summed E-state index contributed by atoms with van der Waals surface area (Å²) in [6, 6.07) is 5.76. The minimum absolute atomic E-state index is 0.103. The number of amides is 1. The van der Waals surface area contributed by atoms with Crippen molar-refractivity contribution in [3.63, 3.8) is 0 Å². The van der Waals surface area contributed by atoms with E-state index in [1.807, 2.05) is 37.1 Å². The van der Waals surface area contributed by atoms with Crippen LogP contribution in [0.4, 0.5) is 5.69 Å². The summed E-state index contributed by atoms with van der Waals surface area (Å²) < 4.78 is 0. The Balaban J connectivity index is 2.06. The van der Waals surface area contributed by atoms with E-state index in [4.69, 9.17) is 5.11 Å². The molecular weight excluding hydrogens is 240 g/mol. The predicted molar refractivity (Wildman–Crippen MR) is 76.4 cm³/mol. The number of aliphatic hydroxyl groups is 1. The van der Waals surface area contributed by atoms with Crippen molar-refractivity contribution < 1.29 is 9.90 Å². The molecule has 1 unspecified atom stereocenters. The summed E-state index contributed by atoms with van der Waals surface area (Å²) in [4.78, 5) is 14.3. The van der Waals surface area contributed by atoms with Crippen molar-refractivity contribution in [3.05, 3.63) is 29.3 Å². The molecule has 19 heavy (non-hydrogen) atoms. The zero-order valence-corrected chi connectivity index (χ0v) is 11.6. The molecule has 1 amide bonds. The molecule has 0 radical (unpaired) electrons. The molecule has 1 saturated heterocycles. The van der Waals surface area contributed by atoms with Crippen LogP contribution in [-0.2, 0) is 0 Å². The van der Waals surface area contributed by atoms with E-state index in [9.17, 15) is 4.79 Å². The van der Waals surface area contributed by atoms with Gasteiger partial charge in [0.2, 0.25) is 0 Å². The van der Waals surface area contributed by atoms with Crippen molar-refractivity contribution in [2.24, 2.45) is 5.92 Å². The molecule has 4 heteroatoms. The molecule has 0 bridgehead atoms. The Hall–Kier alpha value is -1.55. The van der Waals surface area contributed by atoms with E-state index in [-0.39, 0.29) is 12.5 Å². The first-order chi connectivity index (χ1) is 9.15. The number of nitrogens with zero attached hydrogens (tertiary/aromatic N) is 1. The second kappa shape index (κ2) is 6.06. The number of carbonyl (C=O) groups excluding carboxylic acids is 1. The highest BCUT2D eigenvalue weighted by Crippen LogP contribution is 2.23. The molecule has 1 aliphatic heterocycles. The number of hydrogen-bond acceptors (Lipinski definition) is 3. The van der Waals surface area contributed by atoms with Crippen LogP contribution < -0.4 is 5.32 Å². The molecule has 2 rings (SSSR count). The van der Waals surface area contributed by atoms with Crippen LogP contribution in [0.3, 0.4) is 0 Å². The molecule has 1 fully saturated rings. The number of hydrogen-bond donors (Lipinski definition) is 2. The number of benzene rings is 1. The van der Waals surface area contributed by atoms with Gasteiger partial charge in [-0.3, -0.25) is 4.79 Å². The van der Waals surface area contributed by atoms with Crippen LogP contribution in [0.5, 0.6) is 0 Å². The molecule has 0 aromatic heterocycles. The van der Waals surface area contributed by atoms with Crippen molar-refractivity contribution in [2.45, 2.75) is 19.8 Å². The molecule has 104 valence electrons. The molecule has 1 heterocycles. The highest BCUT2D eigenvalue weighted by Gasteiger charge is 2.26. The van der Waals surface area contributed by atoms with Gasteiger partial charge in [-0.1, -0.05) is 0 Å². The standard InChI is InChI=1S/C15H22N2O2/c1-11-9-13(3-4-14(11)16-2)15(19)17-7-5-12(10-17)6-8-18/h3-4,9,12,16,18H,5-8,10H2,1-2H3. The van der Waals surface area contributed by atoms with Crippen LogP contribution in [-0.4, -0.2) is 42.7 Å². The first kappa shape index (κ1) is 13.9. The van der Waals surface area contributed by atoms with Crippen LogP contribution in [0.25, 0.3) is 0 Å². The zero-order chi connectivity index (χ0) is 13.8. The monoisotopic (exact) mass is 262 g/mol. The van der Waals surface area contributed by atoms with Crippen molar-refractivity contribution in [2.75, 3.05) is 32.1 Å². The average molecular weight is 262 g/mol. The summed E-state index contributed by atoms with van der Waals surface area (Å²) in [6.07, 6.45) is 1.79. The van der Waals surface area contributed by atoms with Crippen molar-refractivity contribution in [1.82, 2.24) is 4.90 Å². The highest BCUT2D eigenvalue weighted by molar-refractivity contribution is 5.95. The SMILES string of the molecule is CNc1ccc(C(=O)N2CCC(CCO)C2)cc1C. The summed E-state index contributed by atoms with van der Waals surface area (Å²) in [5, 5.41) is 12.1. The Morgan fingerprint density at radius 3 is 2.95 bits per heavy atom. The number of anilines is 1. The van der Waals surface area contributed by atoms with Gasteiger partial charge in [-0.2, -0.15) is 0 Å². The van der Waals surface area contributed by atoms with Crippen LogP contribution >= 0.6 is 0 Å². The van der Waals surface area contributed by atoms with Gasteiger partial charge >= 0.3 is 0 Å². The number of carbonyl (C=O) groups is 1. The first-order valence-corrected chi connectivity index (χ1v) is 6.84. The largest absolute Gasteiger partial charge is 0.396 e. The zero-order valence-electron chi connectivity index (χ0n) is 11.6. The van der Waals surface area contributed by atoms with Gasteiger partial charge < -0.3 is 15.3 Å². The Bertz CT molecular complexity index is 459. The molecule has 0 aliphatic carbocycles. The van der Waals surface area contributed by atoms with Crippen LogP contribution in [0, 0.1) is 12.8 Å². The van der Waals surface area contributed by atoms with Gasteiger partial charge in [0.05, 0.1) is 0 Å². The minimum atomic E-state index is 0.103. The average Bonchev–Trinajstić information content (AvgIpc) is 2.87. The Kier molecular flexibility index (Phi) is 4.43. The summed E-state index contributed by atoms with van der Waals surface area (Å²) in [6.45, 7) is 3.78. The van der Waals surface area contributed by atoms with E-state index < -0.39 is 0 Å². The minimum Gasteiger partial charge on any atom is -0.396 e. The number of likely N-dealkylation sites (tertiary alicyclic amines) is 1. The highest BCUT2D eigenvalue weighted by atomic mass is 16.3. The lowest BCUT2D eigenvalue weighted by Crippen LogP contribution is -2.28. The molecule has 4 nitrogen and oxygen atoms in total. The fourth-order valence-electron chi connectivity index (χ4n) is 2.70. The fraction of sp³-hybridized carbons (Fsp3) is 0.533. The lowest BCUT2D eigenvalue weighted by Gasteiger charge is -2.17. The smallest absolute Gasteiger partial charge is 0.253 e. The van der Waals surface area contributed by atoms with Crippen LogP contribution in [0.1, 0.15) is 28.8 Å². The van der Waals surface area contributed by atoms with E-state index in [2.05, 4.69) is 5.32 Å². The molecule has 0 saturated carbocycles. The maximum absolute atomic E-state index is 12.4. The first-order valence-electron chi connectivity index (χ1n) is 6.84. The maximum atomic E-state index is 12.4. The summed E-state index contributed by atoms with van der Waals surface area (Å²) in [7, 11) is 1.88. The van der Waals surface area contributed by atoms with E-state index in [1.165, 1.54) is 0 Å². The molecular formula is C15H22N2O2. The topological polar surface area (TPSA) is 52.6 Å². The molecule has 2 N–H and O–H groups in total. The predicted octanol–water partition coefficient (Wildman–Crippen LogP) is 1.88. The van der Waals surface area contributed by atoms with E-state index in [1.54, 1.807) is 0 Å². The summed E-state index contributed by atoms with van der Waals surface area (Å²) in [5.74, 6) is 0.554. The quantitative estimate of drug-likeness (QED) is 0.871. The molecule has 1 aliphatic rings. The third-order valence-electron chi connectivity index (χ3n) is 3.85. The second-order valence-electron chi connectivity index (χ2n) is 5.20. The van der Waals surface area contributed by atoms with Crippen LogP contribution in [0.2, 0.25) is 0 Å². The molecule has 1 aromatic rings. The second-order valence-corrected chi connectivity index (χ2v) is 5.20. The number of rotatable bonds is 4. The Labute approximate surface area is 114 Å². The van der Waals surface area contributed by atoms with Gasteiger partial charge in [0, 0.05) is 38.0 Å². The molecule has 0 spiro atoms. The Morgan fingerprint density at radius 1 is 1.53 bits per heavy atom. The number of nitrogens with one attached hydrogen (secondary N) is 1. The maximum Gasteiger partial charge on any atom is 0.253 e. The Morgan fingerprint density at radius 2 is 2.32 bits per heavy atom. The van der Waals surface area contributed by atoms with Gasteiger partial charge in [-0.25, -0.2) is 0 Å². The fourth-order valence-corrected chi connectivity index (χ4v) is 2.70. The van der Waals surface area contributed by atoms with Crippen molar-refractivity contribution in [1.29, 1.82) is 0 Å². The van der Waals surface area contributed by atoms with Crippen LogP contribution in [0.15, 0.2) is 18.2 Å². The molecule has 1 atom stereocenters. The lowest BCUT2D eigenvalue weighted by atomic mass is 10.1. The van der Waals surface area contributed by atoms with E-state index in [0.29, 0.717) is 5.92 Å². The summed E-state index contributed by atoms with van der Waals surface area (Å²) >= 11 is 0. The van der Waals surface area contributed by atoms with Gasteiger partial charge in [-0.15, -0.1) is 0 Å². The van der Waals surface area contributed by atoms with E-state index >= 15 is 0 Å². The number of aliphatic hydroxyl groups excluding tert-OH is 1. The third kappa shape index (κ3) is 3.07. The van der Waals surface area contributed by atoms with Gasteiger partial charge in [0.1, 0.15) is 0 Å². The number of aryl methyl sites for hydroxylation is 1. The normalized spacial score (nSPS) is 18.7.